The predicted octanol–water partition coefficient (Wildman–Crippen LogP) is 0.859. The molecule has 0 radical (unpaired) electrons. The maximum absolute atomic E-state index is 11.8. The van der Waals surface area contributed by atoms with Gasteiger partial charge < -0.3 is 20.5 Å². The number of rotatable bonds is 5. The molecule has 18 heavy (non-hydrogen) atoms. The van der Waals surface area contributed by atoms with Crippen LogP contribution >= 0.6 is 0 Å². The van der Waals surface area contributed by atoms with Gasteiger partial charge in [-0.3, -0.25) is 4.79 Å². The number of ether oxygens (including phenoxy) is 1. The fraction of sp³-hybridized carbons (Fsp3) is 0.833. The zero-order valence-electron chi connectivity index (χ0n) is 10.5. The van der Waals surface area contributed by atoms with Crippen molar-refractivity contribution in [2.24, 2.45) is 0 Å². The van der Waals surface area contributed by atoms with E-state index in [-0.39, 0.29) is 30.6 Å². The van der Waals surface area contributed by atoms with Crippen LogP contribution in [0, 0.1) is 0 Å². The molecule has 4 atom stereocenters. The number of urea groups is 1. The highest BCUT2D eigenvalue weighted by atomic mass is 16.5. The zero-order valence-corrected chi connectivity index (χ0v) is 10.5. The van der Waals surface area contributed by atoms with E-state index < -0.39 is 5.97 Å². The van der Waals surface area contributed by atoms with Crippen LogP contribution in [0.5, 0.6) is 0 Å². The summed E-state index contributed by atoms with van der Waals surface area (Å²) in [5.41, 5.74) is 0. The van der Waals surface area contributed by atoms with Crippen molar-refractivity contribution < 1.29 is 19.4 Å². The molecule has 0 aromatic rings. The molecule has 3 N–H and O–H groups in total. The SMILES string of the molecule is CCC(CC(=O)O)NC(=O)NC1CC2CCC1O2. The third kappa shape index (κ3) is 3.13. The number of nitrogens with one attached hydrogen (secondary N) is 2. The van der Waals surface area contributed by atoms with E-state index >= 15 is 0 Å². The van der Waals surface area contributed by atoms with Crippen LogP contribution in [-0.2, 0) is 9.53 Å². The highest BCUT2D eigenvalue weighted by molar-refractivity contribution is 5.76. The Morgan fingerprint density at radius 2 is 2.22 bits per heavy atom. The van der Waals surface area contributed by atoms with Crippen LogP contribution in [0.25, 0.3) is 0 Å². The molecule has 2 saturated heterocycles. The second-order valence-electron chi connectivity index (χ2n) is 5.04. The lowest BCUT2D eigenvalue weighted by Crippen LogP contribution is -2.49. The molecule has 2 amide bonds. The summed E-state index contributed by atoms with van der Waals surface area (Å²) in [6.07, 6.45) is 3.95. The van der Waals surface area contributed by atoms with Gasteiger partial charge in [-0.25, -0.2) is 4.79 Å². The van der Waals surface area contributed by atoms with Crippen molar-refractivity contribution in [3.05, 3.63) is 0 Å². The monoisotopic (exact) mass is 256 g/mol. The molecule has 6 nitrogen and oxygen atoms in total. The van der Waals surface area contributed by atoms with Crippen LogP contribution in [0.1, 0.15) is 39.0 Å². The maximum Gasteiger partial charge on any atom is 0.315 e. The summed E-state index contributed by atoms with van der Waals surface area (Å²) in [5.74, 6) is -0.898. The van der Waals surface area contributed by atoms with Crippen LogP contribution in [0.4, 0.5) is 4.79 Å². The van der Waals surface area contributed by atoms with Crippen LogP contribution in [0.15, 0.2) is 0 Å². The van der Waals surface area contributed by atoms with Crippen LogP contribution in [0.2, 0.25) is 0 Å². The summed E-state index contributed by atoms with van der Waals surface area (Å²) >= 11 is 0. The third-order valence-electron chi connectivity index (χ3n) is 3.67. The molecular formula is C12H20N2O4. The zero-order chi connectivity index (χ0) is 13.1. The number of fused-ring (bicyclic) bond motifs is 2. The molecule has 2 aliphatic heterocycles. The number of carbonyl (C=O) groups excluding carboxylic acids is 1. The molecule has 0 saturated carbocycles. The number of carbonyl (C=O) groups is 2. The molecule has 2 bridgehead atoms. The number of carboxylic acids is 1. The van der Waals surface area contributed by atoms with Crippen molar-refractivity contribution in [2.75, 3.05) is 0 Å². The molecule has 0 aromatic carbocycles. The van der Waals surface area contributed by atoms with Crippen LogP contribution in [0.3, 0.4) is 0 Å². The summed E-state index contributed by atoms with van der Waals surface area (Å²) in [6, 6.07) is -0.530. The first-order valence-corrected chi connectivity index (χ1v) is 6.52. The molecule has 0 spiro atoms. The second-order valence-corrected chi connectivity index (χ2v) is 5.04. The summed E-state index contributed by atoms with van der Waals surface area (Å²) in [6.45, 7) is 1.86. The average molecular weight is 256 g/mol. The quantitative estimate of drug-likeness (QED) is 0.680. The van der Waals surface area contributed by atoms with Gasteiger partial charge in [0.15, 0.2) is 0 Å². The third-order valence-corrected chi connectivity index (χ3v) is 3.67. The molecule has 102 valence electrons. The predicted molar refractivity (Wildman–Crippen MR) is 64.3 cm³/mol. The van der Waals surface area contributed by atoms with E-state index in [0.29, 0.717) is 12.5 Å². The van der Waals surface area contributed by atoms with Gasteiger partial charge in [0.1, 0.15) is 0 Å². The Balaban J connectivity index is 1.76. The van der Waals surface area contributed by atoms with E-state index in [1.54, 1.807) is 0 Å². The Labute approximate surface area is 106 Å². The van der Waals surface area contributed by atoms with Gasteiger partial charge in [0.05, 0.1) is 24.7 Å². The van der Waals surface area contributed by atoms with Gasteiger partial charge in [-0.15, -0.1) is 0 Å². The summed E-state index contributed by atoms with van der Waals surface area (Å²) in [7, 11) is 0. The van der Waals surface area contributed by atoms with E-state index in [2.05, 4.69) is 10.6 Å². The van der Waals surface area contributed by atoms with Gasteiger partial charge in [0, 0.05) is 6.04 Å². The molecule has 2 aliphatic rings. The Kier molecular flexibility index (Phi) is 4.06. The Morgan fingerprint density at radius 1 is 1.44 bits per heavy atom. The molecule has 0 aromatic heterocycles. The van der Waals surface area contributed by atoms with Crippen molar-refractivity contribution in [3.63, 3.8) is 0 Å². The van der Waals surface area contributed by atoms with E-state index in [1.807, 2.05) is 6.92 Å². The van der Waals surface area contributed by atoms with Gasteiger partial charge in [0.2, 0.25) is 0 Å². The molecule has 2 fully saturated rings. The maximum atomic E-state index is 11.8. The minimum atomic E-state index is -0.898. The number of hydrogen-bond acceptors (Lipinski definition) is 3. The first-order chi connectivity index (χ1) is 8.58. The van der Waals surface area contributed by atoms with E-state index in [4.69, 9.17) is 9.84 Å². The highest BCUT2D eigenvalue weighted by Gasteiger charge is 2.41. The fourth-order valence-electron chi connectivity index (χ4n) is 2.69. The molecule has 2 rings (SSSR count). The van der Waals surface area contributed by atoms with Crippen molar-refractivity contribution in [1.82, 2.24) is 10.6 Å². The smallest absolute Gasteiger partial charge is 0.315 e. The van der Waals surface area contributed by atoms with E-state index in [0.717, 1.165) is 19.3 Å². The van der Waals surface area contributed by atoms with Gasteiger partial charge in [-0.05, 0) is 25.7 Å². The number of carboxylic acid groups (broad SMARTS) is 1. The van der Waals surface area contributed by atoms with Gasteiger partial charge in [-0.2, -0.15) is 0 Å². The second kappa shape index (κ2) is 5.56. The molecule has 6 heteroatoms. The van der Waals surface area contributed by atoms with Crippen LogP contribution in [-0.4, -0.2) is 41.4 Å². The molecular weight excluding hydrogens is 236 g/mol. The normalized spacial score (nSPS) is 31.1. The van der Waals surface area contributed by atoms with Crippen molar-refractivity contribution in [1.29, 1.82) is 0 Å². The van der Waals surface area contributed by atoms with E-state index in [9.17, 15) is 9.59 Å². The van der Waals surface area contributed by atoms with Gasteiger partial charge in [0.25, 0.3) is 0 Å². The summed E-state index contributed by atoms with van der Waals surface area (Å²) in [4.78, 5) is 22.4. The largest absolute Gasteiger partial charge is 0.481 e. The Morgan fingerprint density at radius 3 is 2.72 bits per heavy atom. The molecule has 4 unspecified atom stereocenters. The van der Waals surface area contributed by atoms with Crippen molar-refractivity contribution in [2.45, 2.75) is 63.3 Å². The lowest BCUT2D eigenvalue weighted by molar-refractivity contribution is -0.137. The minimum absolute atomic E-state index is 0.0445. The Bertz CT molecular complexity index is 334. The fourth-order valence-corrected chi connectivity index (χ4v) is 2.69. The van der Waals surface area contributed by atoms with Crippen molar-refractivity contribution in [3.8, 4) is 0 Å². The van der Waals surface area contributed by atoms with Gasteiger partial charge in [-0.1, -0.05) is 6.92 Å². The number of hydrogen-bond donors (Lipinski definition) is 3. The number of amides is 2. The number of aliphatic carboxylic acids is 1. The molecule has 0 aliphatic carbocycles. The van der Waals surface area contributed by atoms with Gasteiger partial charge >= 0.3 is 12.0 Å². The topological polar surface area (TPSA) is 87.7 Å². The highest BCUT2D eigenvalue weighted by Crippen LogP contribution is 2.34. The molecule has 2 heterocycles. The summed E-state index contributed by atoms with van der Waals surface area (Å²) < 4.78 is 5.64. The van der Waals surface area contributed by atoms with Crippen LogP contribution < -0.4 is 10.6 Å². The lowest BCUT2D eigenvalue weighted by Gasteiger charge is -2.22. The van der Waals surface area contributed by atoms with E-state index in [1.165, 1.54) is 0 Å². The first kappa shape index (κ1) is 13.1. The average Bonchev–Trinajstić information content (AvgIpc) is 2.89. The minimum Gasteiger partial charge on any atom is -0.481 e. The standard InChI is InChI=1S/C12H20N2O4/c1-2-7(5-11(15)16)13-12(17)14-9-6-8-3-4-10(9)18-8/h7-10H,2-6H2,1H3,(H,15,16)(H2,13,14,17). The lowest BCUT2D eigenvalue weighted by atomic mass is 9.96. The first-order valence-electron chi connectivity index (χ1n) is 6.52. The Hall–Kier alpha value is -1.30. The summed E-state index contributed by atoms with van der Waals surface area (Å²) in [5, 5.41) is 14.3. The van der Waals surface area contributed by atoms with Crippen molar-refractivity contribution >= 4 is 12.0 Å².